The Labute approximate surface area is 141 Å². The van der Waals surface area contributed by atoms with Crippen LogP contribution in [0.5, 0.6) is 0 Å². The van der Waals surface area contributed by atoms with E-state index >= 15 is 0 Å². The van der Waals surface area contributed by atoms with Crippen molar-refractivity contribution in [3.05, 3.63) is 62.5 Å². The number of thioether (sulfide) groups is 1. The van der Waals surface area contributed by atoms with Crippen molar-refractivity contribution in [3.8, 4) is 6.07 Å². The minimum Gasteiger partial charge on any atom is -0.267 e. The number of benzene rings is 1. The van der Waals surface area contributed by atoms with Crippen molar-refractivity contribution in [1.29, 1.82) is 5.26 Å². The van der Waals surface area contributed by atoms with Crippen molar-refractivity contribution in [3.63, 3.8) is 0 Å². The first kappa shape index (κ1) is 15.7. The Hall–Kier alpha value is -2.17. The molecule has 3 aromatic rings. The van der Waals surface area contributed by atoms with E-state index in [0.29, 0.717) is 22.0 Å². The zero-order chi connectivity index (χ0) is 16.2. The first-order chi connectivity index (χ1) is 11.2. The van der Waals surface area contributed by atoms with Gasteiger partial charge in [-0.05, 0) is 18.1 Å². The van der Waals surface area contributed by atoms with Crippen LogP contribution >= 0.6 is 23.1 Å². The average Bonchev–Trinajstić information content (AvgIpc) is 2.99. The van der Waals surface area contributed by atoms with Crippen LogP contribution in [0, 0.1) is 11.3 Å². The molecule has 1 aromatic carbocycles. The van der Waals surface area contributed by atoms with E-state index in [-0.39, 0.29) is 5.56 Å². The van der Waals surface area contributed by atoms with Gasteiger partial charge in [0.1, 0.15) is 5.01 Å². The van der Waals surface area contributed by atoms with E-state index in [2.05, 4.69) is 16.2 Å². The molecule has 2 heterocycles. The van der Waals surface area contributed by atoms with Gasteiger partial charge >= 0.3 is 0 Å². The standard InChI is InChI=1S/C16H14N4OS2/c1-2-14-19-20-15(21)7-13(18-16(20)23-14)10-22-9-12-6-4-3-5-11(12)8-17/h3-7H,2,9-10H2,1H3. The average molecular weight is 342 g/mol. The van der Waals surface area contributed by atoms with Crippen LogP contribution in [0.1, 0.15) is 28.8 Å². The molecule has 0 fully saturated rings. The molecular weight excluding hydrogens is 328 g/mol. The fourth-order valence-corrected chi connectivity index (χ4v) is 3.92. The van der Waals surface area contributed by atoms with Crippen molar-refractivity contribution in [2.45, 2.75) is 24.9 Å². The number of fused-ring (bicyclic) bond motifs is 1. The summed E-state index contributed by atoms with van der Waals surface area (Å²) in [5, 5.41) is 14.2. The maximum absolute atomic E-state index is 12.1. The number of nitrogens with zero attached hydrogens (tertiary/aromatic N) is 4. The number of aryl methyl sites for hydroxylation is 1. The number of rotatable bonds is 5. The highest BCUT2D eigenvalue weighted by Crippen LogP contribution is 2.20. The Bertz CT molecular complexity index is 939. The third-order valence-corrected chi connectivity index (χ3v) is 5.36. The van der Waals surface area contributed by atoms with Gasteiger partial charge in [-0.2, -0.15) is 26.6 Å². The normalized spacial score (nSPS) is 10.8. The van der Waals surface area contributed by atoms with Gasteiger partial charge in [0.25, 0.3) is 5.56 Å². The van der Waals surface area contributed by atoms with Gasteiger partial charge in [-0.1, -0.05) is 36.5 Å². The van der Waals surface area contributed by atoms with E-state index in [1.807, 2.05) is 31.2 Å². The summed E-state index contributed by atoms with van der Waals surface area (Å²) in [7, 11) is 0. The van der Waals surface area contributed by atoms with Gasteiger partial charge in [0.15, 0.2) is 0 Å². The highest BCUT2D eigenvalue weighted by Gasteiger charge is 2.08. The predicted octanol–water partition coefficient (Wildman–Crippen LogP) is 3.02. The molecule has 0 saturated carbocycles. The molecule has 0 N–H and O–H groups in total. The lowest BCUT2D eigenvalue weighted by Crippen LogP contribution is -2.15. The van der Waals surface area contributed by atoms with Crippen LogP contribution in [0.2, 0.25) is 0 Å². The van der Waals surface area contributed by atoms with Crippen LogP contribution in [-0.2, 0) is 17.9 Å². The van der Waals surface area contributed by atoms with E-state index in [0.717, 1.165) is 22.7 Å². The molecule has 0 saturated heterocycles. The molecule has 0 radical (unpaired) electrons. The van der Waals surface area contributed by atoms with Gasteiger partial charge in [0.2, 0.25) is 4.96 Å². The molecule has 7 heteroatoms. The first-order valence-electron chi connectivity index (χ1n) is 7.15. The van der Waals surface area contributed by atoms with Crippen molar-refractivity contribution in [1.82, 2.24) is 14.6 Å². The van der Waals surface area contributed by atoms with Gasteiger partial charge in [0, 0.05) is 17.6 Å². The molecule has 0 spiro atoms. The van der Waals surface area contributed by atoms with Gasteiger partial charge in [-0.25, -0.2) is 4.98 Å². The lowest BCUT2D eigenvalue weighted by atomic mass is 10.1. The van der Waals surface area contributed by atoms with Gasteiger partial charge in [0.05, 0.1) is 17.3 Å². The third kappa shape index (κ3) is 3.44. The van der Waals surface area contributed by atoms with E-state index < -0.39 is 0 Å². The molecular formula is C16H14N4OS2. The summed E-state index contributed by atoms with van der Waals surface area (Å²) in [5.74, 6) is 1.35. The second kappa shape index (κ2) is 6.94. The fourth-order valence-electron chi connectivity index (χ4n) is 2.13. The van der Waals surface area contributed by atoms with E-state index in [4.69, 9.17) is 5.26 Å². The van der Waals surface area contributed by atoms with Crippen molar-refractivity contribution in [2.24, 2.45) is 0 Å². The summed E-state index contributed by atoms with van der Waals surface area (Å²) in [6, 6.07) is 11.3. The molecule has 5 nitrogen and oxygen atoms in total. The number of nitriles is 1. The highest BCUT2D eigenvalue weighted by molar-refractivity contribution is 7.97. The van der Waals surface area contributed by atoms with Crippen molar-refractivity contribution >= 4 is 28.1 Å². The molecule has 0 amide bonds. The quantitative estimate of drug-likeness (QED) is 0.713. The minimum absolute atomic E-state index is 0.140. The Balaban J connectivity index is 1.75. The van der Waals surface area contributed by atoms with Crippen LogP contribution < -0.4 is 5.56 Å². The molecule has 23 heavy (non-hydrogen) atoms. The van der Waals surface area contributed by atoms with Gasteiger partial charge < -0.3 is 0 Å². The second-order valence-electron chi connectivity index (χ2n) is 4.89. The summed E-state index contributed by atoms with van der Waals surface area (Å²) >= 11 is 3.09. The minimum atomic E-state index is -0.140. The Morgan fingerprint density at radius 3 is 2.96 bits per heavy atom. The molecule has 116 valence electrons. The molecule has 0 aliphatic heterocycles. The summed E-state index contributed by atoms with van der Waals surface area (Å²) in [5.41, 5.74) is 2.31. The lowest BCUT2D eigenvalue weighted by Gasteiger charge is -2.03. The summed E-state index contributed by atoms with van der Waals surface area (Å²) in [4.78, 5) is 17.2. The van der Waals surface area contributed by atoms with E-state index in [9.17, 15) is 4.79 Å². The Morgan fingerprint density at radius 1 is 1.35 bits per heavy atom. The number of aromatic nitrogens is 3. The van der Waals surface area contributed by atoms with Gasteiger partial charge in [-0.3, -0.25) is 4.79 Å². The second-order valence-corrected chi connectivity index (χ2v) is 6.92. The van der Waals surface area contributed by atoms with Crippen molar-refractivity contribution < 1.29 is 0 Å². The molecule has 3 rings (SSSR count). The Morgan fingerprint density at radius 2 is 2.17 bits per heavy atom. The van der Waals surface area contributed by atoms with Crippen LogP contribution in [0.25, 0.3) is 4.96 Å². The summed E-state index contributed by atoms with van der Waals surface area (Å²) in [6.45, 7) is 2.01. The predicted molar refractivity (Wildman–Crippen MR) is 92.7 cm³/mol. The summed E-state index contributed by atoms with van der Waals surface area (Å²) < 4.78 is 1.36. The van der Waals surface area contributed by atoms with Gasteiger partial charge in [-0.15, -0.1) is 0 Å². The topological polar surface area (TPSA) is 71.1 Å². The summed E-state index contributed by atoms with van der Waals surface area (Å²) in [6.07, 6.45) is 0.794. The van der Waals surface area contributed by atoms with E-state index in [1.165, 1.54) is 21.9 Å². The first-order valence-corrected chi connectivity index (χ1v) is 9.13. The lowest BCUT2D eigenvalue weighted by molar-refractivity contribution is 0.852. The van der Waals surface area contributed by atoms with Crippen LogP contribution in [0.4, 0.5) is 0 Å². The maximum Gasteiger partial charge on any atom is 0.275 e. The third-order valence-electron chi connectivity index (χ3n) is 3.29. The monoisotopic (exact) mass is 342 g/mol. The molecule has 0 aliphatic rings. The van der Waals surface area contributed by atoms with Crippen LogP contribution in [-0.4, -0.2) is 14.6 Å². The number of hydrogen-bond acceptors (Lipinski definition) is 6. The SMILES string of the molecule is CCc1nn2c(=O)cc(CSCc3ccccc3C#N)nc2s1. The molecule has 2 aromatic heterocycles. The highest BCUT2D eigenvalue weighted by atomic mass is 32.2. The molecule has 0 unspecified atom stereocenters. The molecule has 0 atom stereocenters. The smallest absolute Gasteiger partial charge is 0.267 e. The zero-order valence-electron chi connectivity index (χ0n) is 12.5. The molecule has 0 bridgehead atoms. The van der Waals surface area contributed by atoms with Crippen LogP contribution in [0.15, 0.2) is 35.1 Å². The molecule has 0 aliphatic carbocycles. The van der Waals surface area contributed by atoms with E-state index in [1.54, 1.807) is 11.8 Å². The maximum atomic E-state index is 12.1. The Kier molecular flexibility index (Phi) is 4.74. The van der Waals surface area contributed by atoms with Crippen LogP contribution in [0.3, 0.4) is 0 Å². The fraction of sp³-hybridized carbons (Fsp3) is 0.250. The largest absolute Gasteiger partial charge is 0.275 e. The van der Waals surface area contributed by atoms with Crippen molar-refractivity contribution in [2.75, 3.05) is 0 Å². The zero-order valence-corrected chi connectivity index (χ0v) is 14.2. The number of hydrogen-bond donors (Lipinski definition) is 0.